The molecule has 0 bridgehead atoms. The standard InChI is InChI=1S/C7H7N.2Al.4H/c1-8-7-5-3-2-4-6-7;;;;;;/h2-6H,1H2;;;;;;/q-1;;+1;;;;. The summed E-state index contributed by atoms with van der Waals surface area (Å²) in [5.74, 6) is 0. The molecule has 10 heavy (non-hydrogen) atoms. The molecule has 0 amide bonds. The van der Waals surface area contributed by atoms with Gasteiger partial charge in [-0.25, -0.2) is 0 Å². The number of hydrogen-bond donors (Lipinski definition) is 0. The van der Waals surface area contributed by atoms with Crippen LogP contribution in [0.1, 0.15) is 0 Å². The summed E-state index contributed by atoms with van der Waals surface area (Å²) in [5, 5.41) is 1.26. The highest BCUT2D eigenvalue weighted by atomic mass is 27.1. The largest absolute Gasteiger partial charge is 0.480 e. The molecule has 0 spiro atoms. The van der Waals surface area contributed by atoms with Crippen LogP contribution in [0.25, 0.3) is 0 Å². The molecule has 1 rings (SSSR count). The fraction of sp³-hybridized carbons (Fsp3) is 0.143. The lowest BCUT2D eigenvalue weighted by atomic mass is 10.3. The van der Waals surface area contributed by atoms with Crippen LogP contribution in [0.5, 0.6) is 0 Å². The fourth-order valence-electron chi connectivity index (χ4n) is 0.865. The maximum Gasteiger partial charge on any atom is 0.362 e. The summed E-state index contributed by atoms with van der Waals surface area (Å²) < 4.78 is 2.41. The highest BCUT2D eigenvalue weighted by Crippen LogP contribution is 2.08. The first-order chi connectivity index (χ1) is 4.84. The minimum absolute atomic E-state index is 1.15. The Labute approximate surface area is 78.1 Å². The zero-order chi connectivity index (χ0) is 7.40. The monoisotopic (exact) mass is 163 g/mol. The van der Waals surface area contributed by atoms with Crippen LogP contribution in [0.15, 0.2) is 30.3 Å². The number of nitrogens with zero attached hydrogens (tertiary/aromatic N) is 1. The first kappa shape index (κ1) is 8.18. The first-order valence-corrected chi connectivity index (χ1v) is 5.91. The molecule has 0 fully saturated rings. The predicted octanol–water partition coefficient (Wildman–Crippen LogP) is -0.368. The molecule has 0 heterocycles. The molecule has 1 aromatic carbocycles. The minimum Gasteiger partial charge on any atom is -0.480 e. The Morgan fingerprint density at radius 1 is 1.20 bits per heavy atom. The van der Waals surface area contributed by atoms with E-state index in [1.165, 1.54) is 27.4 Å². The van der Waals surface area contributed by atoms with Crippen molar-refractivity contribution in [1.29, 1.82) is 0 Å². The molecule has 0 N–H and O–H groups in total. The van der Waals surface area contributed by atoms with Crippen molar-refractivity contribution in [3.05, 3.63) is 30.3 Å². The molecule has 0 saturated carbocycles. The summed E-state index contributed by atoms with van der Waals surface area (Å²) >= 11 is 2.41. The van der Waals surface area contributed by atoms with Crippen LogP contribution in [-0.4, -0.2) is 38.2 Å². The molecule has 0 radical (unpaired) electrons. The predicted molar refractivity (Wildman–Crippen MR) is 50.9 cm³/mol. The van der Waals surface area contributed by atoms with Gasteiger partial charge in [0.05, 0.1) is 0 Å². The van der Waals surface area contributed by atoms with E-state index >= 15 is 0 Å². The van der Waals surface area contributed by atoms with Crippen molar-refractivity contribution in [2.75, 3.05) is 9.29 Å². The molecule has 50 valence electrons. The van der Waals surface area contributed by atoms with E-state index in [9.17, 15) is 0 Å². The van der Waals surface area contributed by atoms with Gasteiger partial charge in [-0.1, -0.05) is 23.6 Å². The van der Waals surface area contributed by atoms with Crippen LogP contribution in [0, 0.1) is 0 Å². The lowest BCUT2D eigenvalue weighted by molar-refractivity contribution is 1.28. The van der Waals surface area contributed by atoms with Gasteiger partial charge < -0.3 is 3.88 Å². The van der Waals surface area contributed by atoms with Crippen LogP contribution in [0.4, 0.5) is 5.69 Å². The van der Waals surface area contributed by atoms with Crippen LogP contribution >= 0.6 is 0 Å². The second-order valence-electron chi connectivity index (χ2n) is 2.35. The number of hydrogen-bond acceptors (Lipinski definition) is 1. The van der Waals surface area contributed by atoms with Crippen molar-refractivity contribution < 1.29 is 0 Å². The van der Waals surface area contributed by atoms with Gasteiger partial charge in [-0.3, -0.25) is 0 Å². The maximum absolute atomic E-state index is 2.41. The van der Waals surface area contributed by atoms with Crippen molar-refractivity contribution in [3.63, 3.8) is 0 Å². The summed E-state index contributed by atoms with van der Waals surface area (Å²) in [6, 6.07) is 10.6. The molecule has 1 nitrogen and oxygen atoms in total. The summed E-state index contributed by atoms with van der Waals surface area (Å²) in [6.07, 6.45) is 0. The van der Waals surface area contributed by atoms with Gasteiger partial charge >= 0.3 is 16.5 Å². The first-order valence-electron chi connectivity index (χ1n) is 3.60. The Morgan fingerprint density at radius 3 is 2.30 bits per heavy atom. The maximum atomic E-state index is 2.41. The highest BCUT2D eigenvalue weighted by Gasteiger charge is 1.92. The SMILES string of the molecule is [AlH2][CH2][N]([AlH2])c1ccccc1. The second-order valence-corrected chi connectivity index (χ2v) is 4.06. The molecule has 0 aliphatic carbocycles. The van der Waals surface area contributed by atoms with E-state index in [-0.39, 0.29) is 0 Å². The van der Waals surface area contributed by atoms with Gasteiger partial charge in [0.15, 0.2) is 0 Å². The van der Waals surface area contributed by atoms with Crippen LogP contribution < -0.4 is 3.88 Å². The van der Waals surface area contributed by atoms with Gasteiger partial charge in [-0.05, 0) is 12.1 Å². The summed E-state index contributed by atoms with van der Waals surface area (Å²) in [5.41, 5.74) is 1.38. The topological polar surface area (TPSA) is 3.24 Å². The van der Waals surface area contributed by atoms with E-state index in [1.54, 1.807) is 0 Å². The lowest BCUT2D eigenvalue weighted by Gasteiger charge is -2.18. The second kappa shape index (κ2) is 4.07. The molecular weight excluding hydrogens is 152 g/mol. The Kier molecular flexibility index (Phi) is 3.33. The highest BCUT2D eigenvalue weighted by molar-refractivity contribution is 6.24. The normalized spacial score (nSPS) is 9.20. The molecule has 0 unspecified atom stereocenters. The zero-order valence-electron chi connectivity index (χ0n) is 6.54. The molecule has 0 saturated heterocycles. The van der Waals surface area contributed by atoms with Crippen molar-refractivity contribution in [1.82, 2.24) is 0 Å². The lowest BCUT2D eigenvalue weighted by Crippen LogP contribution is -2.19. The smallest absolute Gasteiger partial charge is 0.362 e. The zero-order valence-corrected chi connectivity index (χ0v) is 10.5. The van der Waals surface area contributed by atoms with Gasteiger partial charge in [0.25, 0.3) is 0 Å². The van der Waals surface area contributed by atoms with Gasteiger partial charge in [0.2, 0.25) is 16.3 Å². The third-order valence-electron chi connectivity index (χ3n) is 1.67. The molecule has 3 heteroatoms. The van der Waals surface area contributed by atoms with Gasteiger partial charge in [0.1, 0.15) is 0 Å². The molecule has 0 atom stereocenters. The van der Waals surface area contributed by atoms with E-state index in [0.29, 0.717) is 0 Å². The quantitative estimate of drug-likeness (QED) is 0.538. The Hall–Kier alpha value is 0.0849. The Balaban J connectivity index is 2.75. The van der Waals surface area contributed by atoms with Crippen molar-refractivity contribution in [2.45, 2.75) is 0 Å². The van der Waals surface area contributed by atoms with Crippen molar-refractivity contribution >= 4 is 38.5 Å². The number of anilines is 1. The molecule has 0 aliphatic rings. The van der Waals surface area contributed by atoms with E-state index in [0.717, 1.165) is 16.5 Å². The van der Waals surface area contributed by atoms with Gasteiger partial charge in [-0.2, -0.15) is 0 Å². The van der Waals surface area contributed by atoms with E-state index in [4.69, 9.17) is 0 Å². The van der Waals surface area contributed by atoms with Crippen LogP contribution in [0.3, 0.4) is 0 Å². The van der Waals surface area contributed by atoms with E-state index in [1.807, 2.05) is 0 Å². The average Bonchev–Trinajstić information content (AvgIpc) is 2.05. The van der Waals surface area contributed by atoms with Crippen molar-refractivity contribution in [3.8, 4) is 0 Å². The van der Waals surface area contributed by atoms with Crippen LogP contribution in [0.2, 0.25) is 0 Å². The number of benzene rings is 1. The van der Waals surface area contributed by atoms with Crippen LogP contribution in [-0.2, 0) is 0 Å². The average molecular weight is 163 g/mol. The molecular formula is C7H11Al2N. The summed E-state index contributed by atoms with van der Waals surface area (Å²) in [4.78, 5) is 0. The van der Waals surface area contributed by atoms with Gasteiger partial charge in [0, 0.05) is 5.69 Å². The molecule has 0 aromatic heterocycles. The molecule has 1 aromatic rings. The van der Waals surface area contributed by atoms with E-state index in [2.05, 4.69) is 34.2 Å². The third kappa shape index (κ3) is 2.05. The summed E-state index contributed by atoms with van der Waals surface area (Å²) in [6.45, 7) is 0. The number of para-hydroxylation sites is 1. The van der Waals surface area contributed by atoms with Crippen molar-refractivity contribution in [2.24, 2.45) is 0 Å². The number of rotatable bonds is 2. The summed E-state index contributed by atoms with van der Waals surface area (Å²) in [7, 11) is 0. The minimum atomic E-state index is 1.15. The molecule has 0 aliphatic heterocycles. The third-order valence-corrected chi connectivity index (χ3v) is 5.03. The fourth-order valence-corrected chi connectivity index (χ4v) is 1.53. The van der Waals surface area contributed by atoms with Gasteiger partial charge in [-0.15, -0.1) is 0 Å². The Morgan fingerprint density at radius 2 is 1.80 bits per heavy atom. The Bertz CT molecular complexity index is 188. The van der Waals surface area contributed by atoms with E-state index < -0.39 is 0 Å².